The Morgan fingerprint density at radius 3 is 2.48 bits per heavy atom. The Kier molecular flexibility index (Phi) is 4.59. The summed E-state index contributed by atoms with van der Waals surface area (Å²) in [5.74, 6) is -0.567. The summed E-state index contributed by atoms with van der Waals surface area (Å²) in [7, 11) is -1.46. The summed E-state index contributed by atoms with van der Waals surface area (Å²) in [6.45, 7) is 1.92. The molecular weight excluding hydrogens is 290 g/mol. The molecule has 0 saturated carbocycles. The standard InChI is InChI=1S/C15H13NO4S/c1-11-5-7-14(8-6-11)21(20)10-15(17)12-3-2-4-13(9-12)16(18)19/h2-9H,10H2,1H3. The SMILES string of the molecule is Cc1ccc(S(=O)CC(=O)c2cccc([N+](=O)[O-])c2)cc1. The summed E-state index contributed by atoms with van der Waals surface area (Å²) in [4.78, 5) is 22.7. The van der Waals surface area contributed by atoms with E-state index in [1.54, 1.807) is 12.1 Å². The third kappa shape index (κ3) is 3.82. The number of aryl methyl sites for hydroxylation is 1. The lowest BCUT2D eigenvalue weighted by atomic mass is 10.1. The Hall–Kier alpha value is -2.34. The highest BCUT2D eigenvalue weighted by Gasteiger charge is 2.15. The molecular formula is C15H13NO4S. The number of hydrogen-bond acceptors (Lipinski definition) is 4. The van der Waals surface area contributed by atoms with E-state index in [2.05, 4.69) is 0 Å². The predicted molar refractivity (Wildman–Crippen MR) is 79.9 cm³/mol. The van der Waals surface area contributed by atoms with E-state index < -0.39 is 15.7 Å². The number of carbonyl (C=O) groups is 1. The molecule has 21 heavy (non-hydrogen) atoms. The number of rotatable bonds is 5. The minimum Gasteiger partial charge on any atom is -0.293 e. The maximum Gasteiger partial charge on any atom is 0.270 e. The number of carbonyl (C=O) groups excluding carboxylic acids is 1. The Balaban J connectivity index is 2.14. The average Bonchev–Trinajstić information content (AvgIpc) is 2.48. The second kappa shape index (κ2) is 6.41. The van der Waals surface area contributed by atoms with Crippen LogP contribution in [0.5, 0.6) is 0 Å². The molecule has 0 fully saturated rings. The fraction of sp³-hybridized carbons (Fsp3) is 0.133. The van der Waals surface area contributed by atoms with Gasteiger partial charge in [-0.1, -0.05) is 29.8 Å². The zero-order valence-electron chi connectivity index (χ0n) is 11.3. The van der Waals surface area contributed by atoms with Crippen LogP contribution < -0.4 is 0 Å². The quantitative estimate of drug-likeness (QED) is 0.483. The van der Waals surface area contributed by atoms with Crippen molar-refractivity contribution < 1.29 is 13.9 Å². The first kappa shape index (κ1) is 15.1. The van der Waals surface area contributed by atoms with Gasteiger partial charge in [0, 0.05) is 22.6 Å². The van der Waals surface area contributed by atoms with Crippen LogP contribution >= 0.6 is 0 Å². The normalized spacial score (nSPS) is 11.9. The first-order valence-corrected chi connectivity index (χ1v) is 7.52. The molecule has 1 atom stereocenters. The van der Waals surface area contributed by atoms with Gasteiger partial charge in [0.15, 0.2) is 5.78 Å². The minimum absolute atomic E-state index is 0.151. The molecule has 0 saturated heterocycles. The molecule has 0 aromatic heterocycles. The highest BCUT2D eigenvalue weighted by Crippen LogP contribution is 2.15. The van der Waals surface area contributed by atoms with Gasteiger partial charge in [0.05, 0.1) is 21.5 Å². The summed E-state index contributed by atoms with van der Waals surface area (Å²) in [5, 5.41) is 10.7. The summed E-state index contributed by atoms with van der Waals surface area (Å²) >= 11 is 0. The van der Waals surface area contributed by atoms with Crippen molar-refractivity contribution >= 4 is 22.3 Å². The van der Waals surface area contributed by atoms with Crippen molar-refractivity contribution in [3.05, 3.63) is 69.8 Å². The van der Waals surface area contributed by atoms with Crippen LogP contribution in [0.25, 0.3) is 0 Å². The molecule has 0 aliphatic heterocycles. The lowest BCUT2D eigenvalue weighted by Gasteiger charge is -2.03. The first-order valence-electron chi connectivity index (χ1n) is 6.20. The second-order valence-corrected chi connectivity index (χ2v) is 5.98. The van der Waals surface area contributed by atoms with Crippen molar-refractivity contribution in [3.63, 3.8) is 0 Å². The van der Waals surface area contributed by atoms with Crippen molar-refractivity contribution in [2.24, 2.45) is 0 Å². The number of nitrogens with zero attached hydrogens (tertiary/aromatic N) is 1. The van der Waals surface area contributed by atoms with Crippen LogP contribution in [0.4, 0.5) is 5.69 Å². The number of Topliss-reactive ketones (excluding diaryl/α,β-unsaturated/α-hetero) is 1. The van der Waals surface area contributed by atoms with Crippen LogP contribution in [0.3, 0.4) is 0 Å². The Morgan fingerprint density at radius 2 is 1.86 bits per heavy atom. The van der Waals surface area contributed by atoms with E-state index in [4.69, 9.17) is 0 Å². The van der Waals surface area contributed by atoms with Gasteiger partial charge in [0.25, 0.3) is 5.69 Å². The fourth-order valence-corrected chi connectivity index (χ4v) is 2.78. The van der Waals surface area contributed by atoms with E-state index in [0.29, 0.717) is 4.90 Å². The zero-order chi connectivity index (χ0) is 15.4. The van der Waals surface area contributed by atoms with Gasteiger partial charge in [0.1, 0.15) is 0 Å². The van der Waals surface area contributed by atoms with Gasteiger partial charge >= 0.3 is 0 Å². The van der Waals surface area contributed by atoms with Gasteiger partial charge in [-0.25, -0.2) is 0 Å². The smallest absolute Gasteiger partial charge is 0.270 e. The molecule has 6 heteroatoms. The van der Waals surface area contributed by atoms with Gasteiger partial charge in [0.2, 0.25) is 0 Å². The van der Waals surface area contributed by atoms with Gasteiger partial charge in [-0.3, -0.25) is 19.1 Å². The van der Waals surface area contributed by atoms with E-state index in [1.807, 2.05) is 19.1 Å². The van der Waals surface area contributed by atoms with E-state index in [-0.39, 0.29) is 22.8 Å². The topological polar surface area (TPSA) is 77.3 Å². The van der Waals surface area contributed by atoms with Crippen molar-refractivity contribution in [3.8, 4) is 0 Å². The number of nitro benzene ring substituents is 1. The average molecular weight is 303 g/mol. The summed E-state index contributed by atoms with van der Waals surface area (Å²) in [5.41, 5.74) is 1.09. The van der Waals surface area contributed by atoms with Crippen LogP contribution in [0, 0.1) is 17.0 Å². The molecule has 0 amide bonds. The molecule has 1 unspecified atom stereocenters. The van der Waals surface area contributed by atoms with Crippen LogP contribution in [0.1, 0.15) is 15.9 Å². The maximum absolute atomic E-state index is 12.1. The third-order valence-corrected chi connectivity index (χ3v) is 4.25. The van der Waals surface area contributed by atoms with Gasteiger partial charge in [-0.2, -0.15) is 0 Å². The Bertz CT molecular complexity index is 710. The molecule has 2 rings (SSSR count). The van der Waals surface area contributed by atoms with Crippen LogP contribution in [0.15, 0.2) is 53.4 Å². The summed E-state index contributed by atoms with van der Waals surface area (Å²) in [6, 6.07) is 12.5. The molecule has 0 radical (unpaired) electrons. The molecule has 0 heterocycles. The monoisotopic (exact) mass is 303 g/mol. The molecule has 0 spiro atoms. The van der Waals surface area contributed by atoms with Crippen LogP contribution in [-0.2, 0) is 10.8 Å². The molecule has 2 aromatic carbocycles. The minimum atomic E-state index is -1.46. The van der Waals surface area contributed by atoms with Crippen molar-refractivity contribution in [2.75, 3.05) is 5.75 Å². The Labute approximate surface area is 124 Å². The lowest BCUT2D eigenvalue weighted by molar-refractivity contribution is -0.384. The molecule has 0 aliphatic carbocycles. The van der Waals surface area contributed by atoms with Crippen LogP contribution in [0.2, 0.25) is 0 Å². The number of non-ortho nitro benzene ring substituents is 1. The largest absolute Gasteiger partial charge is 0.293 e. The van der Waals surface area contributed by atoms with Gasteiger partial charge in [-0.05, 0) is 19.1 Å². The molecule has 0 aliphatic rings. The number of nitro groups is 1. The van der Waals surface area contributed by atoms with E-state index in [9.17, 15) is 19.1 Å². The fourth-order valence-electron chi connectivity index (χ4n) is 1.77. The van der Waals surface area contributed by atoms with Crippen molar-refractivity contribution in [1.29, 1.82) is 0 Å². The third-order valence-electron chi connectivity index (χ3n) is 2.93. The van der Waals surface area contributed by atoms with Crippen LogP contribution in [-0.4, -0.2) is 20.7 Å². The zero-order valence-corrected chi connectivity index (χ0v) is 12.1. The summed E-state index contributed by atoms with van der Waals surface area (Å²) < 4.78 is 12.1. The number of benzene rings is 2. The number of hydrogen-bond donors (Lipinski definition) is 0. The van der Waals surface area contributed by atoms with Gasteiger partial charge in [-0.15, -0.1) is 0 Å². The molecule has 0 bridgehead atoms. The number of ketones is 1. The van der Waals surface area contributed by atoms with E-state index in [1.165, 1.54) is 24.3 Å². The maximum atomic E-state index is 12.1. The molecule has 0 N–H and O–H groups in total. The summed E-state index contributed by atoms with van der Waals surface area (Å²) in [6.07, 6.45) is 0. The van der Waals surface area contributed by atoms with E-state index in [0.717, 1.165) is 5.56 Å². The molecule has 5 nitrogen and oxygen atoms in total. The van der Waals surface area contributed by atoms with Crippen molar-refractivity contribution in [2.45, 2.75) is 11.8 Å². The van der Waals surface area contributed by atoms with E-state index >= 15 is 0 Å². The highest BCUT2D eigenvalue weighted by molar-refractivity contribution is 7.85. The van der Waals surface area contributed by atoms with Gasteiger partial charge < -0.3 is 0 Å². The lowest BCUT2D eigenvalue weighted by Crippen LogP contribution is -2.11. The predicted octanol–water partition coefficient (Wildman–Crippen LogP) is 2.89. The molecule has 108 valence electrons. The Morgan fingerprint density at radius 1 is 1.19 bits per heavy atom. The second-order valence-electron chi connectivity index (χ2n) is 4.53. The van der Waals surface area contributed by atoms with Crippen molar-refractivity contribution in [1.82, 2.24) is 0 Å². The molecule has 2 aromatic rings. The highest BCUT2D eigenvalue weighted by atomic mass is 32.2. The first-order chi connectivity index (χ1) is 9.97.